The highest BCUT2D eigenvalue weighted by Crippen LogP contribution is 2.41. The number of hydrogen-bond donors (Lipinski definition) is 0. The van der Waals surface area contributed by atoms with E-state index in [-0.39, 0.29) is 12.5 Å². The van der Waals surface area contributed by atoms with E-state index in [1.165, 1.54) is 9.80 Å². The molecule has 2 aromatic carbocycles. The molecule has 1 saturated heterocycles. The van der Waals surface area contributed by atoms with Gasteiger partial charge in [-0.1, -0.05) is 35.9 Å². The lowest BCUT2D eigenvalue weighted by Crippen LogP contribution is -2.51. The summed E-state index contributed by atoms with van der Waals surface area (Å²) in [5.74, 6) is -1.29. The Morgan fingerprint density at radius 3 is 2.56 bits per heavy atom. The summed E-state index contributed by atoms with van der Waals surface area (Å²) in [6.45, 7) is 3.87. The summed E-state index contributed by atoms with van der Waals surface area (Å²) in [4.78, 5) is 41.6. The lowest BCUT2D eigenvalue weighted by atomic mass is 9.86. The number of nitrogens with zero attached hydrogens (tertiary/aromatic N) is 2. The van der Waals surface area contributed by atoms with Crippen LogP contribution in [0.1, 0.15) is 18.1 Å². The molecule has 0 bridgehead atoms. The van der Waals surface area contributed by atoms with Gasteiger partial charge >= 0.3 is 6.09 Å². The quantitative estimate of drug-likeness (QED) is 0.768. The number of carbonyl (C=O) groups excluding carboxylic acids is 3. The van der Waals surface area contributed by atoms with Crippen molar-refractivity contribution in [3.63, 3.8) is 0 Å². The Bertz CT molecular complexity index is 925. The average molecular weight is 364 g/mol. The number of ether oxygens (including phenoxy) is 1. The third kappa shape index (κ3) is 2.68. The predicted octanol–water partition coefficient (Wildman–Crippen LogP) is 3.07. The van der Waals surface area contributed by atoms with Crippen LogP contribution in [0, 0.1) is 12.8 Å². The van der Waals surface area contributed by atoms with E-state index in [1.54, 1.807) is 31.2 Å². The Morgan fingerprint density at radius 1 is 1.11 bits per heavy atom. The maximum atomic E-state index is 13.2. The van der Waals surface area contributed by atoms with Gasteiger partial charge in [0.05, 0.1) is 23.9 Å². The minimum absolute atomic E-state index is 0.193. The summed E-state index contributed by atoms with van der Waals surface area (Å²) < 4.78 is 5.21. The van der Waals surface area contributed by atoms with E-state index in [1.807, 2.05) is 31.2 Å². The largest absolute Gasteiger partial charge is 0.449 e. The van der Waals surface area contributed by atoms with Crippen LogP contribution < -0.4 is 9.80 Å². The van der Waals surface area contributed by atoms with Gasteiger partial charge in [-0.2, -0.15) is 0 Å². The van der Waals surface area contributed by atoms with Crippen LogP contribution in [0.25, 0.3) is 0 Å². The van der Waals surface area contributed by atoms with Gasteiger partial charge in [0.25, 0.3) is 5.91 Å². The molecule has 6 nitrogen and oxygen atoms in total. The third-order valence-corrected chi connectivity index (χ3v) is 5.08. The Morgan fingerprint density at radius 2 is 1.85 bits per heavy atom. The summed E-state index contributed by atoms with van der Waals surface area (Å²) in [7, 11) is 0. The van der Waals surface area contributed by atoms with Gasteiger partial charge in [-0.15, -0.1) is 0 Å². The molecule has 138 valence electrons. The molecule has 0 N–H and O–H groups in total. The molecule has 0 spiro atoms. The normalized spacial score (nSPS) is 21.1. The molecule has 2 aromatic rings. The maximum absolute atomic E-state index is 13.2. The summed E-state index contributed by atoms with van der Waals surface area (Å²) in [5.41, 5.74) is 3.07. The second-order valence-electron chi connectivity index (χ2n) is 6.80. The number of rotatable bonds is 2. The highest BCUT2D eigenvalue weighted by atomic mass is 16.6. The third-order valence-electron chi connectivity index (χ3n) is 5.08. The average Bonchev–Trinajstić information content (AvgIpc) is 2.91. The minimum Gasteiger partial charge on any atom is -0.449 e. The molecule has 6 heteroatoms. The number of carbonyl (C=O) groups is 3. The van der Waals surface area contributed by atoms with Crippen LogP contribution in [0.2, 0.25) is 0 Å². The van der Waals surface area contributed by atoms with Crippen molar-refractivity contribution in [3.05, 3.63) is 59.7 Å². The highest BCUT2D eigenvalue weighted by Gasteiger charge is 2.55. The van der Waals surface area contributed by atoms with Crippen molar-refractivity contribution < 1.29 is 19.1 Å². The first-order valence-electron chi connectivity index (χ1n) is 9.01. The second-order valence-corrected chi connectivity index (χ2v) is 6.80. The number of anilines is 2. The van der Waals surface area contributed by atoms with Gasteiger partial charge in [-0.05, 0) is 44.0 Å². The number of aryl methyl sites for hydroxylation is 1. The SMILES string of the molecule is CCOC(=O)N1c2ccc(C)cc2C[C@@H]2C(=O)N(c3ccccc3)C(=O)[C@@H]21. The molecule has 4 rings (SSSR count). The van der Waals surface area contributed by atoms with Crippen LogP contribution in [-0.4, -0.2) is 30.6 Å². The number of imide groups is 1. The van der Waals surface area contributed by atoms with E-state index in [0.717, 1.165) is 11.1 Å². The fourth-order valence-corrected chi connectivity index (χ4v) is 3.94. The molecule has 0 radical (unpaired) electrons. The Kier molecular flexibility index (Phi) is 4.18. The molecule has 3 amide bonds. The van der Waals surface area contributed by atoms with Crippen LogP contribution in [0.3, 0.4) is 0 Å². The fraction of sp³-hybridized carbons (Fsp3) is 0.286. The number of hydrogen-bond acceptors (Lipinski definition) is 4. The molecular weight excluding hydrogens is 344 g/mol. The van der Waals surface area contributed by atoms with Crippen molar-refractivity contribution in [2.45, 2.75) is 26.3 Å². The van der Waals surface area contributed by atoms with Crippen molar-refractivity contribution in [1.29, 1.82) is 0 Å². The van der Waals surface area contributed by atoms with Gasteiger partial charge in [-0.25, -0.2) is 9.69 Å². The maximum Gasteiger partial charge on any atom is 0.415 e. The van der Waals surface area contributed by atoms with Crippen molar-refractivity contribution in [3.8, 4) is 0 Å². The van der Waals surface area contributed by atoms with Crippen LogP contribution in [0.5, 0.6) is 0 Å². The smallest absolute Gasteiger partial charge is 0.415 e. The van der Waals surface area contributed by atoms with E-state index in [2.05, 4.69) is 0 Å². The molecule has 1 fully saturated rings. The van der Waals surface area contributed by atoms with Gasteiger partial charge in [0.15, 0.2) is 0 Å². The molecule has 0 aromatic heterocycles. The molecule has 0 aliphatic carbocycles. The van der Waals surface area contributed by atoms with E-state index in [4.69, 9.17) is 4.74 Å². The van der Waals surface area contributed by atoms with Crippen molar-refractivity contribution in [1.82, 2.24) is 0 Å². The molecule has 27 heavy (non-hydrogen) atoms. The molecule has 2 aliphatic rings. The number of fused-ring (bicyclic) bond motifs is 2. The Labute approximate surface area is 157 Å². The van der Waals surface area contributed by atoms with E-state index < -0.39 is 24.0 Å². The minimum atomic E-state index is -0.882. The summed E-state index contributed by atoms with van der Waals surface area (Å²) >= 11 is 0. The van der Waals surface area contributed by atoms with Gasteiger partial charge in [0.1, 0.15) is 6.04 Å². The van der Waals surface area contributed by atoms with Crippen molar-refractivity contribution in [2.24, 2.45) is 5.92 Å². The summed E-state index contributed by atoms with van der Waals surface area (Å²) in [6, 6.07) is 13.6. The molecule has 2 aliphatic heterocycles. The lowest BCUT2D eigenvalue weighted by molar-refractivity contribution is -0.122. The number of para-hydroxylation sites is 1. The topological polar surface area (TPSA) is 66.9 Å². The first-order valence-corrected chi connectivity index (χ1v) is 9.01. The van der Waals surface area contributed by atoms with Gasteiger partial charge in [-0.3, -0.25) is 14.5 Å². The molecule has 0 saturated carbocycles. The fourth-order valence-electron chi connectivity index (χ4n) is 3.94. The zero-order valence-corrected chi connectivity index (χ0v) is 15.2. The van der Waals surface area contributed by atoms with Crippen LogP contribution >= 0.6 is 0 Å². The van der Waals surface area contributed by atoms with Crippen LogP contribution in [0.15, 0.2) is 48.5 Å². The zero-order chi connectivity index (χ0) is 19.1. The molecule has 2 heterocycles. The van der Waals surface area contributed by atoms with E-state index in [0.29, 0.717) is 17.8 Å². The van der Waals surface area contributed by atoms with Crippen LogP contribution in [0.4, 0.5) is 16.2 Å². The Hall–Kier alpha value is -3.15. The van der Waals surface area contributed by atoms with Gasteiger partial charge in [0, 0.05) is 0 Å². The van der Waals surface area contributed by atoms with Crippen LogP contribution in [-0.2, 0) is 20.7 Å². The van der Waals surface area contributed by atoms with Gasteiger partial charge in [0.2, 0.25) is 5.91 Å². The predicted molar refractivity (Wildman–Crippen MR) is 101 cm³/mol. The lowest BCUT2D eigenvalue weighted by Gasteiger charge is -2.35. The number of amides is 3. The zero-order valence-electron chi connectivity index (χ0n) is 15.2. The summed E-state index contributed by atoms with van der Waals surface area (Å²) in [6.07, 6.45) is -0.181. The summed E-state index contributed by atoms with van der Waals surface area (Å²) in [5, 5.41) is 0. The first kappa shape index (κ1) is 17.3. The monoisotopic (exact) mass is 364 g/mol. The first-order chi connectivity index (χ1) is 13.0. The van der Waals surface area contributed by atoms with E-state index >= 15 is 0 Å². The highest BCUT2D eigenvalue weighted by molar-refractivity contribution is 6.26. The standard InChI is InChI=1S/C21H20N2O4/c1-3-27-21(26)23-17-10-9-13(2)11-14(17)12-16-18(23)20(25)22(19(16)24)15-7-5-4-6-8-15/h4-11,16,18H,3,12H2,1-2H3/t16-,18+/m0/s1. The second kappa shape index (κ2) is 6.54. The molecular formula is C21H20N2O4. The molecule has 0 unspecified atom stereocenters. The van der Waals surface area contributed by atoms with Crippen molar-refractivity contribution >= 4 is 29.3 Å². The van der Waals surface area contributed by atoms with Crippen molar-refractivity contribution in [2.75, 3.05) is 16.4 Å². The Balaban J connectivity index is 1.82. The van der Waals surface area contributed by atoms with E-state index in [9.17, 15) is 14.4 Å². The number of benzene rings is 2. The van der Waals surface area contributed by atoms with Gasteiger partial charge < -0.3 is 4.74 Å². The molecule has 2 atom stereocenters.